The van der Waals surface area contributed by atoms with Crippen LogP contribution in [0.5, 0.6) is 0 Å². The van der Waals surface area contributed by atoms with E-state index in [9.17, 15) is 16.8 Å². The molecule has 0 N–H and O–H groups in total. The molecule has 0 spiro atoms. The summed E-state index contributed by atoms with van der Waals surface area (Å²) in [5, 5.41) is 0. The second-order valence-electron chi connectivity index (χ2n) is 2.03. The van der Waals surface area contributed by atoms with Crippen LogP contribution in [0.2, 0.25) is 0 Å². The molecular weight excluding hydrogens is 208 g/mol. The molecule has 6 nitrogen and oxygen atoms in total. The minimum Gasteiger partial charge on any atom is -0.271 e. The van der Waals surface area contributed by atoms with Crippen molar-refractivity contribution in [2.45, 2.75) is 12.4 Å². The van der Waals surface area contributed by atoms with E-state index in [1.165, 1.54) is 0 Å². The summed E-state index contributed by atoms with van der Waals surface area (Å²) in [6, 6.07) is 0. The van der Waals surface area contributed by atoms with Crippen molar-refractivity contribution in [3.63, 3.8) is 0 Å². The molecule has 12 heavy (non-hydrogen) atoms. The zero-order valence-electron chi connectivity index (χ0n) is 6.84. The highest BCUT2D eigenvalue weighted by molar-refractivity contribution is 7.89. The molecule has 0 rings (SSSR count). The summed E-state index contributed by atoms with van der Waals surface area (Å²) in [5.41, 5.74) is -1.52. The van der Waals surface area contributed by atoms with E-state index in [1.54, 1.807) is 0 Å². The van der Waals surface area contributed by atoms with Crippen molar-refractivity contribution >= 4 is 20.2 Å². The van der Waals surface area contributed by atoms with Gasteiger partial charge < -0.3 is 0 Å². The van der Waals surface area contributed by atoms with Gasteiger partial charge in [-0.25, -0.2) is 4.18 Å². The van der Waals surface area contributed by atoms with Crippen LogP contribution in [0.15, 0.2) is 0 Å². The maximum atomic E-state index is 10.8. The number of hydrogen-bond donors (Lipinski definition) is 0. The normalized spacial score (nSPS) is 15.9. The lowest BCUT2D eigenvalue weighted by molar-refractivity contribution is 0.268. The largest absolute Gasteiger partial charge is 0.295 e. The Morgan fingerprint density at radius 3 is 1.83 bits per heavy atom. The Kier molecular flexibility index (Phi) is 3.63. The van der Waals surface area contributed by atoms with Crippen molar-refractivity contribution in [1.82, 2.24) is 0 Å². The molecule has 0 aliphatic heterocycles. The van der Waals surface area contributed by atoms with Gasteiger partial charge in [-0.2, -0.15) is 16.8 Å². The van der Waals surface area contributed by atoms with Crippen LogP contribution >= 0.6 is 0 Å². The van der Waals surface area contributed by atoms with Crippen LogP contribution in [0.3, 0.4) is 0 Å². The molecule has 0 aromatic rings. The average Bonchev–Trinajstić information content (AvgIpc) is 1.84. The molecule has 8 heteroatoms. The quantitative estimate of drug-likeness (QED) is 0.579. The van der Waals surface area contributed by atoms with E-state index in [1.807, 2.05) is 0 Å². The molecule has 0 radical (unpaired) electrons. The van der Waals surface area contributed by atoms with Crippen LogP contribution in [0.4, 0.5) is 0 Å². The standard InChI is InChI=1S/C4H10O6S2/c1-4(10-11(3,5)6)12(7,8)9-2/h4H,1-3H3. The summed E-state index contributed by atoms with van der Waals surface area (Å²) in [6.45, 7) is 1.07. The van der Waals surface area contributed by atoms with E-state index in [-0.39, 0.29) is 0 Å². The van der Waals surface area contributed by atoms with Crippen molar-refractivity contribution in [1.29, 1.82) is 0 Å². The lowest BCUT2D eigenvalue weighted by Gasteiger charge is -2.09. The van der Waals surface area contributed by atoms with Gasteiger partial charge >= 0.3 is 0 Å². The summed E-state index contributed by atoms with van der Waals surface area (Å²) in [6.07, 6.45) is 0.759. The second kappa shape index (κ2) is 3.69. The van der Waals surface area contributed by atoms with Crippen molar-refractivity contribution in [2.24, 2.45) is 0 Å². The van der Waals surface area contributed by atoms with E-state index in [2.05, 4.69) is 8.37 Å². The van der Waals surface area contributed by atoms with Gasteiger partial charge in [0.05, 0.1) is 13.4 Å². The summed E-state index contributed by atoms with van der Waals surface area (Å²) in [4.78, 5) is 0. The van der Waals surface area contributed by atoms with Gasteiger partial charge in [0.2, 0.25) is 0 Å². The second-order valence-corrected chi connectivity index (χ2v) is 5.61. The molecule has 0 aromatic carbocycles. The molecule has 0 aromatic heterocycles. The fraction of sp³-hybridized carbons (Fsp3) is 1.00. The van der Waals surface area contributed by atoms with Gasteiger partial charge in [0.15, 0.2) is 5.44 Å². The first kappa shape index (κ1) is 11.8. The SMILES string of the molecule is COS(=O)(=O)C(C)OS(C)(=O)=O. The Labute approximate surface area is 71.7 Å². The third-order valence-corrected chi connectivity index (χ3v) is 3.08. The lowest BCUT2D eigenvalue weighted by Crippen LogP contribution is -2.24. The van der Waals surface area contributed by atoms with Crippen LogP contribution in [0.1, 0.15) is 6.92 Å². The van der Waals surface area contributed by atoms with Crippen molar-refractivity contribution in [3.8, 4) is 0 Å². The molecule has 0 aliphatic carbocycles. The van der Waals surface area contributed by atoms with Gasteiger partial charge in [-0.15, -0.1) is 0 Å². The van der Waals surface area contributed by atoms with E-state index >= 15 is 0 Å². The highest BCUT2D eigenvalue weighted by Crippen LogP contribution is 2.06. The first-order chi connectivity index (χ1) is 5.19. The average molecular weight is 218 g/mol. The van der Waals surface area contributed by atoms with Crippen molar-refractivity contribution in [3.05, 3.63) is 0 Å². The predicted molar refractivity (Wildman–Crippen MR) is 41.3 cm³/mol. The predicted octanol–water partition coefficient (Wildman–Crippen LogP) is -0.715. The van der Waals surface area contributed by atoms with Gasteiger partial charge in [-0.3, -0.25) is 4.18 Å². The highest BCUT2D eigenvalue weighted by atomic mass is 32.2. The third kappa shape index (κ3) is 4.00. The molecule has 0 bridgehead atoms. The molecule has 0 heterocycles. The molecule has 0 amide bonds. The fourth-order valence-corrected chi connectivity index (χ4v) is 2.01. The number of rotatable bonds is 4. The molecule has 74 valence electrons. The van der Waals surface area contributed by atoms with E-state index < -0.39 is 25.7 Å². The molecule has 1 atom stereocenters. The van der Waals surface area contributed by atoms with Gasteiger partial charge in [-0.05, 0) is 6.92 Å². The molecular formula is C4H10O6S2. The Bertz CT molecular complexity index is 325. The zero-order chi connectivity index (χ0) is 9.99. The van der Waals surface area contributed by atoms with E-state index in [0.29, 0.717) is 0 Å². The molecule has 0 saturated carbocycles. The topological polar surface area (TPSA) is 86.7 Å². The monoisotopic (exact) mass is 218 g/mol. The Balaban J connectivity index is 4.56. The van der Waals surface area contributed by atoms with E-state index in [0.717, 1.165) is 20.3 Å². The van der Waals surface area contributed by atoms with E-state index in [4.69, 9.17) is 0 Å². The van der Waals surface area contributed by atoms with Crippen LogP contribution in [0, 0.1) is 0 Å². The van der Waals surface area contributed by atoms with Crippen LogP contribution in [-0.2, 0) is 28.6 Å². The van der Waals surface area contributed by atoms with Gasteiger partial charge in [0.25, 0.3) is 20.2 Å². The summed E-state index contributed by atoms with van der Waals surface area (Å²) in [7, 11) is -6.78. The lowest BCUT2D eigenvalue weighted by atomic mass is 10.9. The smallest absolute Gasteiger partial charge is 0.271 e. The van der Waals surface area contributed by atoms with Crippen molar-refractivity contribution in [2.75, 3.05) is 13.4 Å². The molecule has 0 saturated heterocycles. The Morgan fingerprint density at radius 1 is 1.17 bits per heavy atom. The van der Waals surface area contributed by atoms with Crippen LogP contribution < -0.4 is 0 Å². The fourth-order valence-electron chi connectivity index (χ4n) is 0.430. The van der Waals surface area contributed by atoms with Gasteiger partial charge in [0.1, 0.15) is 0 Å². The van der Waals surface area contributed by atoms with Crippen LogP contribution in [-0.4, -0.2) is 35.6 Å². The first-order valence-corrected chi connectivity index (χ1v) is 6.15. The Hall–Kier alpha value is -0.180. The molecule has 0 fully saturated rings. The Morgan fingerprint density at radius 2 is 1.58 bits per heavy atom. The number of hydrogen-bond acceptors (Lipinski definition) is 6. The minimum atomic E-state index is -3.93. The minimum absolute atomic E-state index is 0.759. The summed E-state index contributed by atoms with van der Waals surface area (Å²) in [5.74, 6) is 0. The maximum absolute atomic E-state index is 10.8. The first-order valence-electron chi connectivity index (χ1n) is 2.87. The third-order valence-electron chi connectivity index (χ3n) is 0.949. The zero-order valence-corrected chi connectivity index (χ0v) is 8.48. The van der Waals surface area contributed by atoms with Crippen LogP contribution in [0.25, 0.3) is 0 Å². The summed E-state index contributed by atoms with van der Waals surface area (Å²) < 4.78 is 50.6. The van der Waals surface area contributed by atoms with Gasteiger partial charge in [0, 0.05) is 0 Å². The highest BCUT2D eigenvalue weighted by Gasteiger charge is 2.24. The van der Waals surface area contributed by atoms with Gasteiger partial charge in [-0.1, -0.05) is 0 Å². The molecule has 0 aliphatic rings. The van der Waals surface area contributed by atoms with Crippen molar-refractivity contribution < 1.29 is 25.2 Å². The molecule has 1 unspecified atom stereocenters. The summed E-state index contributed by atoms with van der Waals surface area (Å²) >= 11 is 0. The maximum Gasteiger partial charge on any atom is 0.295 e.